The Kier molecular flexibility index (Phi) is 4.90. The number of rotatable bonds is 2. The molecule has 27 heavy (non-hydrogen) atoms. The van der Waals surface area contributed by atoms with Crippen molar-refractivity contribution in [3.05, 3.63) is 0 Å². The first-order valence-electron chi connectivity index (χ1n) is 11.1. The van der Waals surface area contributed by atoms with Crippen molar-refractivity contribution in [1.82, 2.24) is 0 Å². The van der Waals surface area contributed by atoms with Crippen LogP contribution in [0.4, 0.5) is 13.2 Å². The minimum atomic E-state index is -4.51. The molecule has 0 aliphatic heterocycles. The van der Waals surface area contributed by atoms with Gasteiger partial charge in [0.2, 0.25) is 0 Å². The van der Waals surface area contributed by atoms with Crippen molar-refractivity contribution in [3.63, 3.8) is 0 Å². The molecular formula is C22H35F3O2. The van der Waals surface area contributed by atoms with Gasteiger partial charge in [0.25, 0.3) is 0 Å². The molecule has 9 atom stereocenters. The van der Waals surface area contributed by atoms with Gasteiger partial charge in [0, 0.05) is 0 Å². The quantitative estimate of drug-likeness (QED) is 0.672. The Hall–Kier alpha value is -0.290. The summed E-state index contributed by atoms with van der Waals surface area (Å²) in [5, 5.41) is 20.7. The van der Waals surface area contributed by atoms with E-state index in [4.69, 9.17) is 0 Å². The molecule has 2 N–H and O–H groups in total. The summed E-state index contributed by atoms with van der Waals surface area (Å²) in [6.45, 7) is 4.43. The Bertz CT molecular complexity index is 564. The molecule has 2 unspecified atom stereocenters. The second-order valence-electron chi connectivity index (χ2n) is 10.4. The summed E-state index contributed by atoms with van der Waals surface area (Å²) < 4.78 is 40.0. The molecule has 4 fully saturated rings. The van der Waals surface area contributed by atoms with Crippen LogP contribution in [0.5, 0.6) is 0 Å². The zero-order chi connectivity index (χ0) is 19.6. The molecule has 0 aromatic rings. The standard InChI is InChI=1S/C22H35F3O2/c1-3-19(26)18-7-6-17-16-5-4-13-12-21(27,22(23,24)25)11-9-14(13)15(16)8-10-20(17,18)2/h13-19,26-27H,3-12H2,1-2H3/t13-,14+,15-,16-,17+,18-,19?,20+,21?/m1/s1. The van der Waals surface area contributed by atoms with Crippen molar-refractivity contribution in [1.29, 1.82) is 0 Å². The first kappa shape index (κ1) is 20.0. The van der Waals surface area contributed by atoms with Gasteiger partial charge in [-0.05, 0) is 105 Å². The predicted molar refractivity (Wildman–Crippen MR) is 97.9 cm³/mol. The lowest BCUT2D eigenvalue weighted by Gasteiger charge is -2.57. The van der Waals surface area contributed by atoms with Crippen LogP contribution < -0.4 is 0 Å². The van der Waals surface area contributed by atoms with Crippen LogP contribution in [0.3, 0.4) is 0 Å². The highest BCUT2D eigenvalue weighted by Crippen LogP contribution is 2.65. The topological polar surface area (TPSA) is 40.5 Å². The van der Waals surface area contributed by atoms with Gasteiger partial charge in [0.05, 0.1) is 6.10 Å². The minimum absolute atomic E-state index is 0.0226. The van der Waals surface area contributed by atoms with Crippen LogP contribution >= 0.6 is 0 Å². The number of halogens is 3. The molecule has 4 saturated carbocycles. The molecule has 4 aliphatic rings. The maximum atomic E-state index is 13.3. The molecule has 5 heteroatoms. The number of hydrogen-bond donors (Lipinski definition) is 2. The summed E-state index contributed by atoms with van der Waals surface area (Å²) in [5.74, 6) is 2.51. The third kappa shape index (κ3) is 2.97. The van der Waals surface area contributed by atoms with Gasteiger partial charge < -0.3 is 10.2 Å². The first-order valence-corrected chi connectivity index (χ1v) is 11.1. The number of alkyl halides is 3. The lowest BCUT2D eigenvalue weighted by Crippen LogP contribution is -2.55. The van der Waals surface area contributed by atoms with Crippen LogP contribution in [0, 0.1) is 40.9 Å². The van der Waals surface area contributed by atoms with E-state index in [1.54, 1.807) is 0 Å². The molecule has 156 valence electrons. The van der Waals surface area contributed by atoms with Gasteiger partial charge >= 0.3 is 6.18 Å². The van der Waals surface area contributed by atoms with Crippen molar-refractivity contribution in [2.75, 3.05) is 0 Å². The second kappa shape index (κ2) is 6.62. The van der Waals surface area contributed by atoms with Crippen LogP contribution in [0.25, 0.3) is 0 Å². The Morgan fingerprint density at radius 3 is 2.33 bits per heavy atom. The Labute approximate surface area is 160 Å². The number of aliphatic hydroxyl groups excluding tert-OH is 1. The largest absolute Gasteiger partial charge is 0.417 e. The summed E-state index contributed by atoms with van der Waals surface area (Å²) >= 11 is 0. The summed E-state index contributed by atoms with van der Waals surface area (Å²) in [5.41, 5.74) is -2.27. The zero-order valence-electron chi connectivity index (χ0n) is 16.6. The highest BCUT2D eigenvalue weighted by molar-refractivity contribution is 5.08. The molecule has 0 aromatic heterocycles. The molecular weight excluding hydrogens is 353 g/mol. The van der Waals surface area contributed by atoms with Crippen LogP contribution in [-0.4, -0.2) is 28.1 Å². The lowest BCUT2D eigenvalue weighted by atomic mass is 9.48. The monoisotopic (exact) mass is 388 g/mol. The van der Waals surface area contributed by atoms with E-state index in [2.05, 4.69) is 13.8 Å². The smallest absolute Gasteiger partial charge is 0.393 e. The molecule has 0 bridgehead atoms. The van der Waals surface area contributed by atoms with E-state index in [1.165, 1.54) is 6.42 Å². The van der Waals surface area contributed by atoms with Gasteiger partial charge in [-0.15, -0.1) is 0 Å². The summed E-state index contributed by atoms with van der Waals surface area (Å²) in [6.07, 6.45) is 2.69. The number of aliphatic hydroxyl groups is 2. The van der Waals surface area contributed by atoms with Gasteiger partial charge in [-0.25, -0.2) is 0 Å². The van der Waals surface area contributed by atoms with Crippen LogP contribution in [0.1, 0.15) is 78.1 Å². The molecule has 0 aromatic carbocycles. The second-order valence-corrected chi connectivity index (χ2v) is 10.4. The van der Waals surface area contributed by atoms with Crippen molar-refractivity contribution in [2.45, 2.75) is 95.9 Å². The molecule has 0 heterocycles. The molecule has 4 rings (SSSR count). The third-order valence-electron chi connectivity index (χ3n) is 9.49. The molecule has 0 radical (unpaired) electrons. The average molecular weight is 389 g/mol. The maximum absolute atomic E-state index is 13.3. The van der Waals surface area contributed by atoms with Gasteiger partial charge in [-0.3, -0.25) is 0 Å². The highest BCUT2D eigenvalue weighted by Gasteiger charge is 2.62. The van der Waals surface area contributed by atoms with Gasteiger partial charge in [0.1, 0.15) is 0 Å². The SMILES string of the molecule is CCC(O)[C@H]1CC[C@H]2[C@@H]3CC[C@@H]4CC(O)(C(F)(F)F)CC[C@@H]4[C@H]3CC[C@]12C. The molecule has 4 aliphatic carbocycles. The predicted octanol–water partition coefficient (Wildman–Crippen LogP) is 5.32. The van der Waals surface area contributed by atoms with Gasteiger partial charge in [0.15, 0.2) is 5.60 Å². The molecule has 0 saturated heterocycles. The Morgan fingerprint density at radius 2 is 1.67 bits per heavy atom. The zero-order valence-corrected chi connectivity index (χ0v) is 16.6. The minimum Gasteiger partial charge on any atom is -0.393 e. The van der Waals surface area contributed by atoms with Gasteiger partial charge in [-0.2, -0.15) is 13.2 Å². The Morgan fingerprint density at radius 1 is 0.963 bits per heavy atom. The van der Waals surface area contributed by atoms with Crippen LogP contribution in [0.2, 0.25) is 0 Å². The lowest BCUT2D eigenvalue weighted by molar-refractivity contribution is -0.282. The van der Waals surface area contributed by atoms with Crippen molar-refractivity contribution in [2.24, 2.45) is 40.9 Å². The van der Waals surface area contributed by atoms with E-state index in [0.29, 0.717) is 36.0 Å². The third-order valence-corrected chi connectivity index (χ3v) is 9.49. The number of fused-ring (bicyclic) bond motifs is 5. The average Bonchev–Trinajstić information content (AvgIpc) is 2.97. The van der Waals surface area contributed by atoms with E-state index < -0.39 is 11.8 Å². The summed E-state index contributed by atoms with van der Waals surface area (Å²) in [6, 6.07) is 0. The molecule has 2 nitrogen and oxygen atoms in total. The van der Waals surface area contributed by atoms with Gasteiger partial charge in [-0.1, -0.05) is 13.8 Å². The van der Waals surface area contributed by atoms with Crippen LogP contribution in [0.15, 0.2) is 0 Å². The van der Waals surface area contributed by atoms with Crippen molar-refractivity contribution in [3.8, 4) is 0 Å². The number of hydrogen-bond acceptors (Lipinski definition) is 2. The first-order chi connectivity index (χ1) is 12.6. The highest BCUT2D eigenvalue weighted by atomic mass is 19.4. The van der Waals surface area contributed by atoms with E-state index in [9.17, 15) is 23.4 Å². The summed E-state index contributed by atoms with van der Waals surface area (Å²) in [7, 11) is 0. The van der Waals surface area contributed by atoms with E-state index in [0.717, 1.165) is 38.5 Å². The van der Waals surface area contributed by atoms with Crippen molar-refractivity contribution >= 4 is 0 Å². The van der Waals surface area contributed by atoms with E-state index in [1.807, 2.05) is 0 Å². The van der Waals surface area contributed by atoms with E-state index >= 15 is 0 Å². The normalized spacial score (nSPS) is 51.2. The fraction of sp³-hybridized carbons (Fsp3) is 1.00. The molecule has 0 spiro atoms. The fourth-order valence-electron chi connectivity index (χ4n) is 8.09. The van der Waals surface area contributed by atoms with Crippen LogP contribution in [-0.2, 0) is 0 Å². The Balaban J connectivity index is 1.51. The maximum Gasteiger partial charge on any atom is 0.417 e. The van der Waals surface area contributed by atoms with Crippen molar-refractivity contribution < 1.29 is 23.4 Å². The van der Waals surface area contributed by atoms with E-state index in [-0.39, 0.29) is 30.3 Å². The summed E-state index contributed by atoms with van der Waals surface area (Å²) in [4.78, 5) is 0. The molecule has 0 amide bonds. The fourth-order valence-corrected chi connectivity index (χ4v) is 8.09.